The van der Waals surface area contributed by atoms with E-state index in [1.54, 1.807) is 19.1 Å². The number of carboxylic acids is 1. The Kier molecular flexibility index (Phi) is 4.04. The van der Waals surface area contributed by atoms with Crippen LogP contribution in [0.5, 0.6) is 0 Å². The van der Waals surface area contributed by atoms with Gasteiger partial charge in [-0.2, -0.15) is 0 Å². The molecule has 1 aromatic heterocycles. The number of nitro groups is 1. The van der Waals surface area contributed by atoms with Crippen molar-refractivity contribution in [3.8, 4) is 10.6 Å². The van der Waals surface area contributed by atoms with Crippen LogP contribution in [-0.2, 0) is 0 Å². The Labute approximate surface area is 125 Å². The number of carboxylic acid groups (broad SMARTS) is 1. The number of benzene rings is 1. The predicted molar refractivity (Wildman–Crippen MR) is 80.0 cm³/mol. The largest absolute Gasteiger partial charge is 0.477 e. The Hall–Kier alpha value is -2.28. The van der Waals surface area contributed by atoms with Gasteiger partial charge >= 0.3 is 5.97 Å². The summed E-state index contributed by atoms with van der Waals surface area (Å²) in [6, 6.07) is 4.90. The summed E-state index contributed by atoms with van der Waals surface area (Å²) in [5.74, 6) is -1.00. The molecular weight excluding hydrogens is 292 g/mol. The summed E-state index contributed by atoms with van der Waals surface area (Å²) in [5.41, 5.74) is 1.66. The van der Waals surface area contributed by atoms with Crippen LogP contribution in [0.25, 0.3) is 10.6 Å². The molecule has 1 heterocycles. The number of aromatic carboxylic acids is 1. The predicted octanol–water partition coefficient (Wildman–Crippen LogP) is 3.85. The third-order valence-electron chi connectivity index (χ3n) is 3.09. The van der Waals surface area contributed by atoms with Gasteiger partial charge in [-0.15, -0.1) is 11.3 Å². The molecule has 0 unspecified atom stereocenters. The van der Waals surface area contributed by atoms with E-state index in [4.69, 9.17) is 5.11 Å². The van der Waals surface area contributed by atoms with E-state index in [9.17, 15) is 14.9 Å². The van der Waals surface area contributed by atoms with Crippen molar-refractivity contribution >= 4 is 23.0 Å². The highest BCUT2D eigenvalue weighted by Gasteiger charge is 2.20. The molecule has 0 saturated heterocycles. The molecule has 2 aromatic rings. The lowest BCUT2D eigenvalue weighted by atomic mass is 9.99. The number of nitro benzene ring substituents is 1. The van der Waals surface area contributed by atoms with Crippen LogP contribution >= 0.6 is 11.3 Å². The zero-order chi connectivity index (χ0) is 15.7. The topological polar surface area (TPSA) is 93.3 Å². The Balaban J connectivity index is 2.55. The van der Waals surface area contributed by atoms with E-state index in [2.05, 4.69) is 4.98 Å². The Morgan fingerprint density at radius 3 is 2.57 bits per heavy atom. The van der Waals surface area contributed by atoms with Gasteiger partial charge in [0.2, 0.25) is 0 Å². The minimum atomic E-state index is -1.04. The third-order valence-corrected chi connectivity index (χ3v) is 4.28. The monoisotopic (exact) mass is 306 g/mol. The quantitative estimate of drug-likeness (QED) is 0.684. The summed E-state index contributed by atoms with van der Waals surface area (Å²) < 4.78 is 0. The van der Waals surface area contributed by atoms with Crippen LogP contribution in [0.15, 0.2) is 18.2 Å². The maximum Gasteiger partial charge on any atom is 0.347 e. The molecule has 0 spiro atoms. The van der Waals surface area contributed by atoms with Gasteiger partial charge in [-0.25, -0.2) is 9.78 Å². The van der Waals surface area contributed by atoms with Gasteiger partial charge in [0.15, 0.2) is 0 Å². The van der Waals surface area contributed by atoms with Crippen LogP contribution in [0.3, 0.4) is 0 Å². The summed E-state index contributed by atoms with van der Waals surface area (Å²) in [6.45, 7) is 5.39. The van der Waals surface area contributed by atoms with Gasteiger partial charge in [0.05, 0.1) is 10.6 Å². The SMILES string of the molecule is Cc1nc(-c2ccc(C(C)C)c([N+](=O)[O-])c2)sc1C(=O)O. The first kappa shape index (κ1) is 15.1. The molecular formula is C14H14N2O4S. The fourth-order valence-corrected chi connectivity index (χ4v) is 2.94. The molecule has 0 aliphatic heterocycles. The highest BCUT2D eigenvalue weighted by molar-refractivity contribution is 7.17. The van der Waals surface area contributed by atoms with E-state index in [-0.39, 0.29) is 16.5 Å². The molecule has 2 rings (SSSR count). The summed E-state index contributed by atoms with van der Waals surface area (Å²) in [7, 11) is 0. The minimum Gasteiger partial charge on any atom is -0.477 e. The number of nitrogens with zero attached hydrogens (tertiary/aromatic N) is 2. The van der Waals surface area contributed by atoms with Crippen molar-refractivity contribution in [1.29, 1.82) is 0 Å². The van der Waals surface area contributed by atoms with Crippen molar-refractivity contribution in [3.05, 3.63) is 44.4 Å². The molecule has 0 bridgehead atoms. The van der Waals surface area contributed by atoms with Gasteiger partial charge in [-0.1, -0.05) is 26.0 Å². The van der Waals surface area contributed by atoms with Crippen molar-refractivity contribution in [2.45, 2.75) is 26.7 Å². The molecule has 0 amide bonds. The highest BCUT2D eigenvalue weighted by Crippen LogP contribution is 2.34. The molecule has 1 N–H and O–H groups in total. The molecule has 21 heavy (non-hydrogen) atoms. The lowest BCUT2D eigenvalue weighted by Crippen LogP contribution is -1.97. The van der Waals surface area contributed by atoms with Crippen LogP contribution < -0.4 is 0 Å². The second-order valence-electron chi connectivity index (χ2n) is 4.92. The third kappa shape index (κ3) is 2.92. The molecule has 1 aromatic carbocycles. The Morgan fingerprint density at radius 1 is 1.43 bits per heavy atom. The molecule has 0 atom stereocenters. The highest BCUT2D eigenvalue weighted by atomic mass is 32.1. The lowest BCUT2D eigenvalue weighted by Gasteiger charge is -2.07. The molecule has 0 aliphatic rings. The van der Waals surface area contributed by atoms with Gasteiger partial charge in [-0.3, -0.25) is 10.1 Å². The first-order chi connectivity index (χ1) is 9.81. The molecule has 0 radical (unpaired) electrons. The van der Waals surface area contributed by atoms with E-state index in [1.165, 1.54) is 6.07 Å². The Morgan fingerprint density at radius 2 is 2.10 bits per heavy atom. The molecule has 0 saturated carbocycles. The van der Waals surface area contributed by atoms with Crippen molar-refractivity contribution in [2.75, 3.05) is 0 Å². The average molecular weight is 306 g/mol. The van der Waals surface area contributed by atoms with E-state index in [0.717, 1.165) is 11.3 Å². The lowest BCUT2D eigenvalue weighted by molar-refractivity contribution is -0.385. The van der Waals surface area contributed by atoms with E-state index in [0.29, 0.717) is 21.8 Å². The molecule has 0 fully saturated rings. The normalized spacial score (nSPS) is 10.9. The Bertz CT molecular complexity index is 722. The summed E-state index contributed by atoms with van der Waals surface area (Å²) >= 11 is 1.02. The maximum absolute atomic E-state index is 11.2. The smallest absolute Gasteiger partial charge is 0.347 e. The summed E-state index contributed by atoms with van der Waals surface area (Å²) in [6.07, 6.45) is 0. The number of hydrogen-bond donors (Lipinski definition) is 1. The van der Waals surface area contributed by atoms with Crippen LogP contribution in [0.2, 0.25) is 0 Å². The number of thiazole rings is 1. The molecule has 110 valence electrons. The van der Waals surface area contributed by atoms with E-state index >= 15 is 0 Å². The average Bonchev–Trinajstić information content (AvgIpc) is 2.80. The number of aryl methyl sites for hydroxylation is 1. The van der Waals surface area contributed by atoms with Crippen molar-refractivity contribution in [2.24, 2.45) is 0 Å². The van der Waals surface area contributed by atoms with Gasteiger partial charge in [0.1, 0.15) is 9.88 Å². The van der Waals surface area contributed by atoms with Gasteiger partial charge < -0.3 is 5.11 Å². The maximum atomic E-state index is 11.2. The van der Waals surface area contributed by atoms with Crippen LogP contribution in [0, 0.1) is 17.0 Å². The molecule has 0 aliphatic carbocycles. The fourth-order valence-electron chi connectivity index (χ4n) is 2.04. The van der Waals surface area contributed by atoms with Gasteiger partial charge in [0, 0.05) is 17.2 Å². The first-order valence-electron chi connectivity index (χ1n) is 6.30. The van der Waals surface area contributed by atoms with Crippen molar-refractivity contribution in [1.82, 2.24) is 4.98 Å². The number of hydrogen-bond acceptors (Lipinski definition) is 5. The van der Waals surface area contributed by atoms with Crippen molar-refractivity contribution in [3.63, 3.8) is 0 Å². The first-order valence-corrected chi connectivity index (χ1v) is 7.12. The molecule has 7 heteroatoms. The zero-order valence-corrected chi connectivity index (χ0v) is 12.6. The second kappa shape index (κ2) is 5.61. The standard InChI is InChI=1S/C14H14N2O4S/c1-7(2)10-5-4-9(6-11(10)16(19)20)13-15-8(3)12(21-13)14(17)18/h4-7H,1-3H3,(H,17,18). The second-order valence-corrected chi connectivity index (χ2v) is 5.92. The minimum absolute atomic E-state index is 0.0343. The van der Waals surface area contributed by atoms with Crippen LogP contribution in [-0.4, -0.2) is 21.0 Å². The number of carbonyl (C=O) groups is 1. The van der Waals surface area contributed by atoms with E-state index < -0.39 is 10.9 Å². The fraction of sp³-hybridized carbons (Fsp3) is 0.286. The number of aromatic nitrogens is 1. The molecule has 6 nitrogen and oxygen atoms in total. The van der Waals surface area contributed by atoms with Gasteiger partial charge in [-0.05, 0) is 12.8 Å². The number of rotatable bonds is 4. The van der Waals surface area contributed by atoms with Crippen LogP contribution in [0.1, 0.15) is 40.7 Å². The van der Waals surface area contributed by atoms with Gasteiger partial charge in [0.25, 0.3) is 5.69 Å². The summed E-state index contributed by atoms with van der Waals surface area (Å²) in [5, 5.41) is 20.7. The summed E-state index contributed by atoms with van der Waals surface area (Å²) in [4.78, 5) is 26.2. The zero-order valence-electron chi connectivity index (χ0n) is 11.8. The van der Waals surface area contributed by atoms with Crippen molar-refractivity contribution < 1.29 is 14.8 Å². The van der Waals surface area contributed by atoms with Crippen LogP contribution in [0.4, 0.5) is 5.69 Å². The van der Waals surface area contributed by atoms with E-state index in [1.807, 2.05) is 13.8 Å².